The second kappa shape index (κ2) is 6.25. The molecule has 0 fully saturated rings. The van der Waals surface area contributed by atoms with Crippen molar-refractivity contribution in [1.29, 1.82) is 0 Å². The Balaban J connectivity index is 2.08. The fourth-order valence-corrected chi connectivity index (χ4v) is 1.97. The Morgan fingerprint density at radius 1 is 1.33 bits per heavy atom. The fraction of sp³-hybridized carbons (Fsp3) is 0.286. The number of hydrogen-bond acceptors (Lipinski definition) is 3. The van der Waals surface area contributed by atoms with Crippen LogP contribution >= 0.6 is 0 Å². The van der Waals surface area contributed by atoms with Gasteiger partial charge in [0.1, 0.15) is 12.4 Å². The molecule has 2 rings (SSSR count). The molecule has 1 amide bonds. The molecule has 0 saturated carbocycles. The van der Waals surface area contributed by atoms with Crippen molar-refractivity contribution >= 4 is 17.3 Å². The van der Waals surface area contributed by atoms with Crippen molar-refractivity contribution in [3.8, 4) is 0 Å². The second-order valence-electron chi connectivity index (χ2n) is 4.69. The zero-order valence-corrected chi connectivity index (χ0v) is 11.7. The summed E-state index contributed by atoms with van der Waals surface area (Å²) in [5.74, 6) is -1.07. The molecule has 0 aliphatic carbocycles. The van der Waals surface area contributed by atoms with Crippen LogP contribution in [0.2, 0.25) is 0 Å². The summed E-state index contributed by atoms with van der Waals surface area (Å²) in [6, 6.07) is 3.91. The lowest BCUT2D eigenvalue weighted by atomic mass is 10.2. The molecule has 112 valence electrons. The minimum absolute atomic E-state index is 0.000963. The van der Waals surface area contributed by atoms with E-state index in [1.807, 2.05) is 6.92 Å². The highest BCUT2D eigenvalue weighted by molar-refractivity contribution is 5.91. The van der Waals surface area contributed by atoms with Crippen LogP contribution < -0.4 is 16.7 Å². The topological polar surface area (TPSA) is 82.1 Å². The summed E-state index contributed by atoms with van der Waals surface area (Å²) in [4.78, 5) is 23.8. The van der Waals surface area contributed by atoms with Crippen LogP contribution in [0, 0.1) is 5.82 Å². The number of nitrogens with two attached hydrogens (primary N) is 1. The van der Waals surface area contributed by atoms with Gasteiger partial charge in [-0.25, -0.2) is 9.18 Å². The Morgan fingerprint density at radius 2 is 2.05 bits per heavy atom. The van der Waals surface area contributed by atoms with Gasteiger partial charge in [-0.2, -0.15) is 0 Å². The van der Waals surface area contributed by atoms with Gasteiger partial charge in [0.2, 0.25) is 5.91 Å². The Bertz CT molecular complexity index is 705. The molecule has 0 spiro atoms. The van der Waals surface area contributed by atoms with Crippen LogP contribution in [0.5, 0.6) is 0 Å². The average Bonchev–Trinajstić information content (AvgIpc) is 2.76. The number of halogens is 1. The van der Waals surface area contributed by atoms with E-state index in [2.05, 4.69) is 5.32 Å². The normalized spacial score (nSPS) is 10.6. The summed E-state index contributed by atoms with van der Waals surface area (Å²) < 4.78 is 16.3. The number of aryl methyl sites for hydroxylation is 1. The number of carbonyl (C=O) groups excluding carboxylic acids is 1. The van der Waals surface area contributed by atoms with Gasteiger partial charge in [-0.05, 0) is 24.6 Å². The van der Waals surface area contributed by atoms with Crippen LogP contribution in [0.4, 0.5) is 15.8 Å². The Labute approximate surface area is 121 Å². The molecular formula is C14H17FN4O2. The van der Waals surface area contributed by atoms with Crippen molar-refractivity contribution < 1.29 is 9.18 Å². The summed E-state index contributed by atoms with van der Waals surface area (Å²) in [6.45, 7) is 2.38. The molecule has 0 unspecified atom stereocenters. The third kappa shape index (κ3) is 3.50. The van der Waals surface area contributed by atoms with Gasteiger partial charge in [0.15, 0.2) is 0 Å². The van der Waals surface area contributed by atoms with E-state index in [4.69, 9.17) is 5.73 Å². The van der Waals surface area contributed by atoms with Crippen molar-refractivity contribution in [3.63, 3.8) is 0 Å². The molecule has 1 aromatic heterocycles. The van der Waals surface area contributed by atoms with Gasteiger partial charge in [0, 0.05) is 24.6 Å². The smallest absolute Gasteiger partial charge is 0.328 e. The molecule has 0 atom stereocenters. The number of imidazole rings is 1. The largest absolute Gasteiger partial charge is 0.399 e. The summed E-state index contributed by atoms with van der Waals surface area (Å²) >= 11 is 0. The van der Waals surface area contributed by atoms with Crippen LogP contribution in [0.25, 0.3) is 0 Å². The first kappa shape index (κ1) is 14.8. The van der Waals surface area contributed by atoms with Crippen LogP contribution in [0.3, 0.4) is 0 Å². The SMILES string of the molecule is CCCn1ccn(CC(=O)Nc2cc(N)ccc2F)c1=O. The number of amides is 1. The van der Waals surface area contributed by atoms with E-state index in [1.165, 1.54) is 33.5 Å². The lowest BCUT2D eigenvalue weighted by molar-refractivity contribution is -0.116. The number of nitrogens with one attached hydrogen (secondary N) is 1. The molecule has 21 heavy (non-hydrogen) atoms. The summed E-state index contributed by atoms with van der Waals surface area (Å²) in [5.41, 5.74) is 5.62. The lowest BCUT2D eigenvalue weighted by Crippen LogP contribution is -2.29. The van der Waals surface area contributed by atoms with Crippen LogP contribution in [-0.2, 0) is 17.9 Å². The molecule has 1 aromatic carbocycles. The predicted molar refractivity (Wildman–Crippen MR) is 78.4 cm³/mol. The van der Waals surface area contributed by atoms with Gasteiger partial charge >= 0.3 is 5.69 Å². The van der Waals surface area contributed by atoms with Crippen molar-refractivity contribution in [2.75, 3.05) is 11.1 Å². The molecule has 0 aliphatic heterocycles. The van der Waals surface area contributed by atoms with Crippen molar-refractivity contribution in [2.45, 2.75) is 26.4 Å². The van der Waals surface area contributed by atoms with E-state index in [0.717, 1.165) is 6.42 Å². The van der Waals surface area contributed by atoms with E-state index in [1.54, 1.807) is 6.20 Å². The van der Waals surface area contributed by atoms with Crippen LogP contribution in [0.15, 0.2) is 35.4 Å². The van der Waals surface area contributed by atoms with Gasteiger partial charge in [-0.1, -0.05) is 6.92 Å². The van der Waals surface area contributed by atoms with Crippen LogP contribution in [0.1, 0.15) is 13.3 Å². The highest BCUT2D eigenvalue weighted by atomic mass is 19.1. The number of aromatic nitrogens is 2. The van der Waals surface area contributed by atoms with E-state index >= 15 is 0 Å². The predicted octanol–water partition coefficient (Wildman–Crippen LogP) is 1.42. The number of nitrogen functional groups attached to an aromatic ring is 1. The standard InChI is InChI=1S/C14H17FN4O2/c1-2-5-18-6-7-19(14(18)21)9-13(20)17-12-8-10(16)3-4-11(12)15/h3-4,6-8H,2,5,9,16H2,1H3,(H,17,20). The van der Waals surface area contributed by atoms with Crippen LogP contribution in [-0.4, -0.2) is 15.0 Å². The number of carbonyl (C=O) groups is 1. The van der Waals surface area contributed by atoms with E-state index in [9.17, 15) is 14.0 Å². The minimum Gasteiger partial charge on any atom is -0.399 e. The molecule has 3 N–H and O–H groups in total. The molecule has 0 aliphatic rings. The van der Waals surface area contributed by atoms with E-state index in [-0.39, 0.29) is 17.9 Å². The molecule has 1 heterocycles. The first-order chi connectivity index (χ1) is 10.0. The highest BCUT2D eigenvalue weighted by Crippen LogP contribution is 2.17. The molecule has 2 aromatic rings. The Kier molecular flexibility index (Phi) is 4.42. The lowest BCUT2D eigenvalue weighted by Gasteiger charge is -2.07. The maximum Gasteiger partial charge on any atom is 0.328 e. The third-order valence-corrected chi connectivity index (χ3v) is 2.96. The number of anilines is 2. The number of benzene rings is 1. The monoisotopic (exact) mass is 292 g/mol. The molecule has 0 bridgehead atoms. The average molecular weight is 292 g/mol. The summed E-state index contributed by atoms with van der Waals surface area (Å²) in [5, 5.41) is 2.41. The maximum atomic E-state index is 13.5. The minimum atomic E-state index is -0.576. The molecule has 7 heteroatoms. The Morgan fingerprint density at radius 3 is 2.76 bits per heavy atom. The first-order valence-corrected chi connectivity index (χ1v) is 6.61. The maximum absolute atomic E-state index is 13.5. The second-order valence-corrected chi connectivity index (χ2v) is 4.69. The summed E-state index contributed by atoms with van der Waals surface area (Å²) in [7, 11) is 0. The van der Waals surface area contributed by atoms with Gasteiger partial charge in [0.05, 0.1) is 5.69 Å². The van der Waals surface area contributed by atoms with Crippen molar-refractivity contribution in [1.82, 2.24) is 9.13 Å². The first-order valence-electron chi connectivity index (χ1n) is 6.61. The van der Waals surface area contributed by atoms with E-state index in [0.29, 0.717) is 12.2 Å². The Hall–Kier alpha value is -2.57. The van der Waals surface area contributed by atoms with Gasteiger partial charge in [-0.3, -0.25) is 13.9 Å². The molecular weight excluding hydrogens is 275 g/mol. The van der Waals surface area contributed by atoms with Gasteiger partial charge in [-0.15, -0.1) is 0 Å². The van der Waals surface area contributed by atoms with E-state index < -0.39 is 11.7 Å². The fourth-order valence-electron chi connectivity index (χ4n) is 1.97. The highest BCUT2D eigenvalue weighted by Gasteiger charge is 2.10. The summed E-state index contributed by atoms with van der Waals surface area (Å²) in [6.07, 6.45) is 3.98. The van der Waals surface area contributed by atoms with Gasteiger partial charge in [0.25, 0.3) is 0 Å². The zero-order chi connectivity index (χ0) is 15.4. The number of nitrogens with zero attached hydrogens (tertiary/aromatic N) is 2. The number of hydrogen-bond donors (Lipinski definition) is 2. The quantitative estimate of drug-likeness (QED) is 0.818. The zero-order valence-electron chi connectivity index (χ0n) is 11.7. The third-order valence-electron chi connectivity index (χ3n) is 2.96. The van der Waals surface area contributed by atoms with Crippen molar-refractivity contribution in [2.24, 2.45) is 0 Å². The van der Waals surface area contributed by atoms with Gasteiger partial charge < -0.3 is 11.1 Å². The molecule has 6 nitrogen and oxygen atoms in total. The number of rotatable bonds is 5. The molecule has 0 saturated heterocycles. The molecule has 0 radical (unpaired) electrons. The van der Waals surface area contributed by atoms with Crippen molar-refractivity contribution in [3.05, 3.63) is 46.9 Å².